The molecule has 1 amide bonds. The molecule has 1 heterocycles. The van der Waals surface area contributed by atoms with Crippen molar-refractivity contribution in [2.24, 2.45) is 7.05 Å². The van der Waals surface area contributed by atoms with Gasteiger partial charge in [0, 0.05) is 44.3 Å². The van der Waals surface area contributed by atoms with Crippen molar-refractivity contribution in [3.8, 4) is 0 Å². The molecule has 1 aromatic heterocycles. The van der Waals surface area contributed by atoms with Crippen molar-refractivity contribution in [1.82, 2.24) is 14.7 Å². The summed E-state index contributed by atoms with van der Waals surface area (Å²) in [6, 6.07) is 7.10. The van der Waals surface area contributed by atoms with Gasteiger partial charge >= 0.3 is 0 Å². The molecule has 24 heavy (non-hydrogen) atoms. The van der Waals surface area contributed by atoms with Crippen LogP contribution in [0.3, 0.4) is 0 Å². The number of nitrogens with zero attached hydrogens (tertiary/aromatic N) is 3. The lowest BCUT2D eigenvalue weighted by Crippen LogP contribution is -2.31. The summed E-state index contributed by atoms with van der Waals surface area (Å²) < 4.78 is 24.7. The fourth-order valence-corrected chi connectivity index (χ4v) is 3.14. The molecule has 7 nitrogen and oxygen atoms in total. The highest BCUT2D eigenvalue weighted by Gasteiger charge is 2.13. The minimum Gasteiger partial charge on any atom is -0.376 e. The Morgan fingerprint density at radius 1 is 1.33 bits per heavy atom. The smallest absolute Gasteiger partial charge is 0.241 e. The van der Waals surface area contributed by atoms with Crippen LogP contribution in [0, 0.1) is 0 Å². The van der Waals surface area contributed by atoms with Crippen LogP contribution in [0.4, 0.5) is 5.69 Å². The van der Waals surface area contributed by atoms with Gasteiger partial charge in [-0.3, -0.25) is 9.48 Å². The Morgan fingerprint density at radius 3 is 2.67 bits per heavy atom. The summed E-state index contributed by atoms with van der Waals surface area (Å²) in [6.07, 6.45) is 4.77. The summed E-state index contributed by atoms with van der Waals surface area (Å²) in [5, 5.41) is 7.11. The van der Waals surface area contributed by atoms with Crippen LogP contribution in [0.1, 0.15) is 11.1 Å². The number of hydrogen-bond donors (Lipinski definition) is 1. The summed E-state index contributed by atoms with van der Waals surface area (Å²) >= 11 is 0. The number of nitrogens with one attached hydrogen (secondary N) is 1. The third-order valence-electron chi connectivity index (χ3n) is 3.47. The molecule has 1 N–H and O–H groups in total. The second-order valence-corrected chi connectivity index (χ2v) is 7.99. The van der Waals surface area contributed by atoms with E-state index in [1.807, 2.05) is 13.2 Å². The minimum absolute atomic E-state index is 0.0596. The molecular formula is C16H22N4O3S. The maximum absolute atomic E-state index is 12.2. The first-order valence-electron chi connectivity index (χ1n) is 7.45. The van der Waals surface area contributed by atoms with Gasteiger partial charge in [-0.1, -0.05) is 18.2 Å². The first-order valence-corrected chi connectivity index (χ1v) is 9.51. The monoisotopic (exact) mass is 350 g/mol. The summed E-state index contributed by atoms with van der Waals surface area (Å²) in [7, 11) is 0.409. The summed E-state index contributed by atoms with van der Waals surface area (Å²) in [5.74, 6) is -0.149. The van der Waals surface area contributed by atoms with Crippen molar-refractivity contribution in [3.05, 3.63) is 47.8 Å². The van der Waals surface area contributed by atoms with Crippen molar-refractivity contribution in [2.45, 2.75) is 12.3 Å². The van der Waals surface area contributed by atoms with Crippen LogP contribution in [0.5, 0.6) is 0 Å². The number of carbonyl (C=O) groups is 1. The van der Waals surface area contributed by atoms with Gasteiger partial charge in [0.15, 0.2) is 9.84 Å². The van der Waals surface area contributed by atoms with Gasteiger partial charge in [0.05, 0.1) is 18.5 Å². The maximum atomic E-state index is 12.2. The fourth-order valence-electron chi connectivity index (χ4n) is 2.32. The highest BCUT2D eigenvalue weighted by molar-refractivity contribution is 7.89. The lowest BCUT2D eigenvalue weighted by molar-refractivity contribution is -0.128. The van der Waals surface area contributed by atoms with Gasteiger partial charge in [-0.25, -0.2) is 8.42 Å². The van der Waals surface area contributed by atoms with Crippen molar-refractivity contribution >= 4 is 21.4 Å². The molecule has 2 aromatic rings. The number of benzene rings is 1. The van der Waals surface area contributed by atoms with Gasteiger partial charge in [-0.05, 0) is 11.6 Å². The Balaban J connectivity index is 1.96. The number of aromatic nitrogens is 2. The largest absolute Gasteiger partial charge is 0.376 e. The topological polar surface area (TPSA) is 84.3 Å². The number of para-hydroxylation sites is 1. The van der Waals surface area contributed by atoms with Gasteiger partial charge in [-0.2, -0.15) is 5.10 Å². The molecule has 0 spiro atoms. The molecule has 0 bridgehead atoms. The van der Waals surface area contributed by atoms with E-state index in [2.05, 4.69) is 10.4 Å². The summed E-state index contributed by atoms with van der Waals surface area (Å²) in [4.78, 5) is 13.8. The molecule has 0 atom stereocenters. The molecule has 130 valence electrons. The third-order valence-corrected chi connectivity index (χ3v) is 4.30. The number of rotatable bonds is 7. The van der Waals surface area contributed by atoms with Crippen LogP contribution < -0.4 is 5.32 Å². The van der Waals surface area contributed by atoms with Crippen LogP contribution in [-0.4, -0.2) is 48.9 Å². The third kappa shape index (κ3) is 5.38. The van der Waals surface area contributed by atoms with Gasteiger partial charge in [0.1, 0.15) is 0 Å². The number of amides is 1. The zero-order valence-corrected chi connectivity index (χ0v) is 14.9. The summed E-state index contributed by atoms with van der Waals surface area (Å²) in [5.41, 5.74) is 2.26. The average molecular weight is 350 g/mol. The number of hydrogen-bond acceptors (Lipinski definition) is 5. The Labute approximate surface area is 142 Å². The molecule has 0 aliphatic heterocycles. The van der Waals surface area contributed by atoms with E-state index in [0.29, 0.717) is 17.8 Å². The molecule has 1 aromatic carbocycles. The fraction of sp³-hybridized carbons (Fsp3) is 0.375. The SMILES string of the molecule is CN(Cc1cnn(C)c1)C(=O)CNc1ccccc1CS(C)(=O)=O. The molecule has 0 fully saturated rings. The number of aryl methyl sites for hydroxylation is 1. The van der Waals surface area contributed by atoms with Gasteiger partial charge in [0.2, 0.25) is 5.91 Å². The Kier molecular flexibility index (Phi) is 5.61. The van der Waals surface area contributed by atoms with E-state index in [4.69, 9.17) is 0 Å². The van der Waals surface area contributed by atoms with Crippen molar-refractivity contribution in [2.75, 3.05) is 25.2 Å². The van der Waals surface area contributed by atoms with E-state index in [0.717, 1.165) is 5.56 Å². The normalized spacial score (nSPS) is 11.3. The number of anilines is 1. The second-order valence-electron chi connectivity index (χ2n) is 5.85. The van der Waals surface area contributed by atoms with E-state index in [1.165, 1.54) is 6.26 Å². The van der Waals surface area contributed by atoms with E-state index < -0.39 is 9.84 Å². The van der Waals surface area contributed by atoms with Crippen molar-refractivity contribution < 1.29 is 13.2 Å². The first-order chi connectivity index (χ1) is 11.2. The molecule has 0 aliphatic carbocycles. The lowest BCUT2D eigenvalue weighted by Gasteiger charge is -2.18. The Morgan fingerprint density at radius 2 is 2.04 bits per heavy atom. The molecule has 0 saturated carbocycles. The zero-order chi connectivity index (χ0) is 17.7. The van der Waals surface area contributed by atoms with Crippen molar-refractivity contribution in [3.63, 3.8) is 0 Å². The van der Waals surface area contributed by atoms with E-state index in [-0.39, 0.29) is 18.2 Å². The second kappa shape index (κ2) is 7.48. The lowest BCUT2D eigenvalue weighted by atomic mass is 10.2. The number of sulfone groups is 1. The van der Waals surface area contributed by atoms with Crippen LogP contribution in [-0.2, 0) is 34.0 Å². The molecular weight excluding hydrogens is 328 g/mol. The highest BCUT2D eigenvalue weighted by Crippen LogP contribution is 2.17. The van der Waals surface area contributed by atoms with E-state index in [1.54, 1.807) is 47.1 Å². The van der Waals surface area contributed by atoms with Gasteiger partial charge in [0.25, 0.3) is 0 Å². The zero-order valence-electron chi connectivity index (χ0n) is 14.1. The molecule has 0 radical (unpaired) electrons. The molecule has 0 aliphatic rings. The number of likely N-dealkylation sites (N-methyl/N-ethyl adjacent to an activating group) is 1. The molecule has 8 heteroatoms. The van der Waals surface area contributed by atoms with Crippen LogP contribution >= 0.6 is 0 Å². The molecule has 0 unspecified atom stereocenters. The van der Waals surface area contributed by atoms with Crippen molar-refractivity contribution in [1.29, 1.82) is 0 Å². The van der Waals surface area contributed by atoms with E-state index in [9.17, 15) is 13.2 Å². The van der Waals surface area contributed by atoms with Crippen LogP contribution in [0.15, 0.2) is 36.7 Å². The maximum Gasteiger partial charge on any atom is 0.241 e. The average Bonchev–Trinajstić information content (AvgIpc) is 2.89. The molecule has 2 rings (SSSR count). The minimum atomic E-state index is -3.14. The summed E-state index contributed by atoms with van der Waals surface area (Å²) in [6.45, 7) is 0.566. The first kappa shape index (κ1) is 18.0. The van der Waals surface area contributed by atoms with E-state index >= 15 is 0 Å². The van der Waals surface area contributed by atoms with Crippen LogP contribution in [0.2, 0.25) is 0 Å². The number of carbonyl (C=O) groups excluding carboxylic acids is 1. The predicted molar refractivity (Wildman–Crippen MR) is 93.2 cm³/mol. The molecule has 0 saturated heterocycles. The Hall–Kier alpha value is -2.35. The Bertz CT molecular complexity index is 814. The highest BCUT2D eigenvalue weighted by atomic mass is 32.2. The predicted octanol–water partition coefficient (Wildman–Crippen LogP) is 1.04. The van der Waals surface area contributed by atoms with Gasteiger partial charge in [-0.15, -0.1) is 0 Å². The van der Waals surface area contributed by atoms with Crippen LogP contribution in [0.25, 0.3) is 0 Å². The standard InChI is InChI=1S/C16H22N4O3S/c1-19(10-13-8-18-20(2)11-13)16(21)9-17-15-7-5-4-6-14(15)12-24(3,22)23/h4-8,11,17H,9-10,12H2,1-3H3. The van der Waals surface area contributed by atoms with Gasteiger partial charge < -0.3 is 10.2 Å². The quantitative estimate of drug-likeness (QED) is 0.806.